The van der Waals surface area contributed by atoms with Crippen LogP contribution in [-0.2, 0) is 16.2 Å². The molecule has 0 aliphatic heterocycles. The summed E-state index contributed by atoms with van der Waals surface area (Å²) in [5, 5.41) is 0.670. The van der Waals surface area contributed by atoms with Gasteiger partial charge >= 0.3 is 0 Å². The first-order chi connectivity index (χ1) is 33.0. The third-order valence-electron chi connectivity index (χ3n) is 13.1. The molecule has 0 bridgehead atoms. The SMILES string of the molecule is CC(C)(C)c1cc(N(c2ccccc2)c2c(-c3ccccc3)cc(C(C)(C)C)cc2-c2ccccc2)cc(N(c2cccc(Cl)c2)c2c(-c3ccccc3)cc(C(C)(C)C)cc2-c2ccccc2)c1. The van der Waals surface area contributed by atoms with E-state index >= 15 is 0 Å². The second-order valence-electron chi connectivity index (χ2n) is 21.3. The molecule has 0 aliphatic carbocycles. The molecule has 2 nitrogen and oxygen atoms in total. The second kappa shape index (κ2) is 19.1. The molecule has 0 aromatic heterocycles. The highest BCUT2D eigenvalue weighted by Crippen LogP contribution is 2.53. The molecule has 0 radical (unpaired) electrons. The predicted molar refractivity (Wildman–Crippen MR) is 299 cm³/mol. The van der Waals surface area contributed by atoms with E-state index < -0.39 is 0 Å². The van der Waals surface area contributed by atoms with Crippen LogP contribution in [0, 0.1) is 0 Å². The van der Waals surface area contributed by atoms with Crippen molar-refractivity contribution in [3.8, 4) is 44.5 Å². The van der Waals surface area contributed by atoms with E-state index in [0.29, 0.717) is 5.02 Å². The lowest BCUT2D eigenvalue weighted by Gasteiger charge is -2.36. The Hall–Kier alpha value is -7.13. The van der Waals surface area contributed by atoms with E-state index in [1.165, 1.54) is 16.7 Å². The molecule has 0 saturated carbocycles. The van der Waals surface area contributed by atoms with Crippen LogP contribution in [0.3, 0.4) is 0 Å². The Morgan fingerprint density at radius 1 is 0.275 bits per heavy atom. The quantitative estimate of drug-likeness (QED) is 0.135. The number of benzene rings is 9. The van der Waals surface area contributed by atoms with Gasteiger partial charge in [-0.05, 0) is 128 Å². The molecule has 344 valence electrons. The van der Waals surface area contributed by atoms with Gasteiger partial charge in [0.15, 0.2) is 0 Å². The van der Waals surface area contributed by atoms with Gasteiger partial charge in [-0.25, -0.2) is 0 Å². The predicted octanol–water partition coefficient (Wildman–Crippen LogP) is 19.8. The summed E-state index contributed by atoms with van der Waals surface area (Å²) in [6.45, 7) is 20.8. The molecule has 0 atom stereocenters. The van der Waals surface area contributed by atoms with E-state index in [0.717, 1.165) is 78.6 Å². The van der Waals surface area contributed by atoms with E-state index in [1.807, 2.05) is 6.07 Å². The molecule has 0 aliphatic rings. The molecule has 0 N–H and O–H groups in total. The van der Waals surface area contributed by atoms with Crippen molar-refractivity contribution in [3.63, 3.8) is 0 Å². The van der Waals surface area contributed by atoms with E-state index in [2.05, 4.69) is 284 Å². The Labute approximate surface area is 416 Å². The lowest BCUT2D eigenvalue weighted by Crippen LogP contribution is -2.20. The fourth-order valence-corrected chi connectivity index (χ4v) is 9.45. The number of anilines is 6. The number of hydrogen-bond acceptors (Lipinski definition) is 2. The van der Waals surface area contributed by atoms with Crippen molar-refractivity contribution in [3.05, 3.63) is 240 Å². The maximum atomic E-state index is 7.07. The summed E-state index contributed by atoms with van der Waals surface area (Å²) in [4.78, 5) is 4.97. The molecule has 3 heteroatoms. The van der Waals surface area contributed by atoms with Crippen LogP contribution in [0.2, 0.25) is 5.02 Å². The smallest absolute Gasteiger partial charge is 0.0618 e. The molecule has 0 amide bonds. The van der Waals surface area contributed by atoms with Crippen LogP contribution >= 0.6 is 11.6 Å². The molecule has 0 spiro atoms. The molecule has 69 heavy (non-hydrogen) atoms. The molecular weight excluding hydrogens is 856 g/mol. The summed E-state index contributed by atoms with van der Waals surface area (Å²) in [5.41, 5.74) is 18.7. The summed E-state index contributed by atoms with van der Waals surface area (Å²) in [5.74, 6) is 0. The van der Waals surface area contributed by atoms with E-state index in [1.54, 1.807) is 0 Å². The second-order valence-corrected chi connectivity index (χ2v) is 21.7. The van der Waals surface area contributed by atoms with Crippen LogP contribution in [0.25, 0.3) is 44.5 Å². The van der Waals surface area contributed by atoms with Gasteiger partial charge < -0.3 is 9.80 Å². The minimum absolute atomic E-state index is 0.116. The van der Waals surface area contributed by atoms with Crippen LogP contribution in [-0.4, -0.2) is 0 Å². The first-order valence-electron chi connectivity index (χ1n) is 24.2. The van der Waals surface area contributed by atoms with Gasteiger partial charge in [0.05, 0.1) is 11.4 Å². The normalized spacial score (nSPS) is 11.9. The largest absolute Gasteiger partial charge is 0.309 e. The van der Waals surface area contributed by atoms with Crippen molar-refractivity contribution in [1.29, 1.82) is 0 Å². The molecule has 9 aromatic rings. The maximum absolute atomic E-state index is 7.07. The molecule has 0 saturated heterocycles. The monoisotopic (exact) mass is 918 g/mol. The average Bonchev–Trinajstić information content (AvgIpc) is 3.34. The standard InChI is InChI=1S/C66H63ClN2/c1-64(2,3)50-38-56(68(54-35-23-14-24-36-54)62-58(46-26-15-10-16-27-46)40-51(65(4,5)6)41-59(62)47-28-17-11-18-29-47)45-57(39-50)69(55-37-25-34-53(67)44-55)63-60(48-30-19-12-20-31-48)42-52(66(7,8)9)43-61(63)49-32-21-13-22-33-49/h10-45H,1-9H3. The minimum atomic E-state index is -0.242. The molecule has 0 fully saturated rings. The van der Waals surface area contributed by atoms with Crippen molar-refractivity contribution in [2.45, 2.75) is 78.6 Å². The van der Waals surface area contributed by atoms with Crippen molar-refractivity contribution >= 4 is 45.7 Å². The fraction of sp³-hybridized carbons (Fsp3) is 0.182. The van der Waals surface area contributed by atoms with Gasteiger partial charge in [0.25, 0.3) is 0 Å². The lowest BCUT2D eigenvalue weighted by molar-refractivity contribution is 0.590. The van der Waals surface area contributed by atoms with Crippen LogP contribution in [0.1, 0.15) is 79.0 Å². The molecule has 0 unspecified atom stereocenters. The third kappa shape index (κ3) is 10.1. The van der Waals surface area contributed by atoms with Gasteiger partial charge in [-0.15, -0.1) is 0 Å². The van der Waals surface area contributed by atoms with Crippen molar-refractivity contribution in [2.75, 3.05) is 9.80 Å². The van der Waals surface area contributed by atoms with E-state index in [4.69, 9.17) is 11.6 Å². The van der Waals surface area contributed by atoms with Gasteiger partial charge in [-0.1, -0.05) is 220 Å². The van der Waals surface area contributed by atoms with Crippen molar-refractivity contribution in [1.82, 2.24) is 0 Å². The summed E-state index contributed by atoms with van der Waals surface area (Å²) in [7, 11) is 0. The summed E-state index contributed by atoms with van der Waals surface area (Å²) in [6.07, 6.45) is 0. The Bertz CT molecular complexity index is 3070. The van der Waals surface area contributed by atoms with Crippen molar-refractivity contribution in [2.24, 2.45) is 0 Å². The third-order valence-corrected chi connectivity index (χ3v) is 13.3. The first kappa shape index (κ1) is 47.0. The van der Waals surface area contributed by atoms with Gasteiger partial charge in [0.2, 0.25) is 0 Å². The molecule has 9 aromatic carbocycles. The van der Waals surface area contributed by atoms with Crippen molar-refractivity contribution < 1.29 is 0 Å². The summed E-state index contributed by atoms with van der Waals surface area (Å²) in [6, 6.07) is 79.6. The fourth-order valence-electron chi connectivity index (χ4n) is 9.26. The Balaban J connectivity index is 1.45. The van der Waals surface area contributed by atoms with Crippen LogP contribution in [0.15, 0.2) is 218 Å². The topological polar surface area (TPSA) is 6.48 Å². The minimum Gasteiger partial charge on any atom is -0.309 e. The first-order valence-corrected chi connectivity index (χ1v) is 24.6. The van der Waals surface area contributed by atoms with Gasteiger partial charge in [0, 0.05) is 50.0 Å². The number of halogens is 1. The zero-order valence-corrected chi connectivity index (χ0v) is 42.3. The highest BCUT2D eigenvalue weighted by molar-refractivity contribution is 6.31. The van der Waals surface area contributed by atoms with Crippen LogP contribution < -0.4 is 9.80 Å². The maximum Gasteiger partial charge on any atom is 0.0618 e. The molecular formula is C66H63ClN2. The number of nitrogens with zero attached hydrogens (tertiary/aromatic N) is 2. The zero-order chi connectivity index (χ0) is 48.5. The van der Waals surface area contributed by atoms with Gasteiger partial charge in [-0.2, -0.15) is 0 Å². The summed E-state index contributed by atoms with van der Waals surface area (Å²) >= 11 is 7.07. The Kier molecular flexibility index (Phi) is 13.0. The summed E-state index contributed by atoms with van der Waals surface area (Å²) < 4.78 is 0. The van der Waals surface area contributed by atoms with E-state index in [-0.39, 0.29) is 16.2 Å². The van der Waals surface area contributed by atoms with Crippen LogP contribution in [0.4, 0.5) is 34.1 Å². The highest BCUT2D eigenvalue weighted by atomic mass is 35.5. The van der Waals surface area contributed by atoms with Gasteiger partial charge in [-0.3, -0.25) is 0 Å². The van der Waals surface area contributed by atoms with E-state index in [9.17, 15) is 0 Å². The highest BCUT2D eigenvalue weighted by Gasteiger charge is 2.31. The number of hydrogen-bond donors (Lipinski definition) is 0. The average molecular weight is 920 g/mol. The van der Waals surface area contributed by atoms with Crippen LogP contribution in [0.5, 0.6) is 0 Å². The number of para-hydroxylation sites is 1. The molecule has 9 rings (SSSR count). The Morgan fingerprint density at radius 2 is 0.565 bits per heavy atom. The zero-order valence-electron chi connectivity index (χ0n) is 41.6. The Morgan fingerprint density at radius 3 is 0.884 bits per heavy atom. The molecule has 0 heterocycles. The lowest BCUT2D eigenvalue weighted by atomic mass is 9.81. The van der Waals surface area contributed by atoms with Gasteiger partial charge in [0.1, 0.15) is 0 Å². The number of rotatable bonds is 10.